The molecule has 6 nitrogen and oxygen atoms in total. The fourth-order valence-electron chi connectivity index (χ4n) is 4.02. The van der Waals surface area contributed by atoms with Crippen molar-refractivity contribution < 1.29 is 17.9 Å². The number of hydrogen-bond donors (Lipinski definition) is 1. The molecule has 3 aromatic carbocycles. The van der Waals surface area contributed by atoms with Crippen LogP contribution in [0.25, 0.3) is 0 Å². The second-order valence-electron chi connectivity index (χ2n) is 7.71. The van der Waals surface area contributed by atoms with Gasteiger partial charge in [0.05, 0.1) is 12.0 Å². The Morgan fingerprint density at radius 3 is 2.34 bits per heavy atom. The molecule has 7 heteroatoms. The zero-order chi connectivity index (χ0) is 22.7. The van der Waals surface area contributed by atoms with E-state index in [4.69, 9.17) is 4.74 Å². The van der Waals surface area contributed by atoms with E-state index >= 15 is 0 Å². The molecule has 0 spiro atoms. The minimum atomic E-state index is -3.91. The number of carbonyl (C=O) groups is 1. The molecule has 1 atom stereocenters. The van der Waals surface area contributed by atoms with E-state index in [1.165, 1.54) is 23.5 Å². The van der Waals surface area contributed by atoms with Crippen LogP contribution in [0.15, 0.2) is 77.7 Å². The van der Waals surface area contributed by atoms with Gasteiger partial charge < -0.3 is 10.1 Å². The van der Waals surface area contributed by atoms with Crippen LogP contribution in [0.4, 0.5) is 5.69 Å². The average Bonchev–Trinajstić information content (AvgIpc) is 2.83. The van der Waals surface area contributed by atoms with Crippen molar-refractivity contribution in [2.45, 2.75) is 37.2 Å². The lowest BCUT2D eigenvalue weighted by Gasteiger charge is -2.35. The van der Waals surface area contributed by atoms with Gasteiger partial charge in [-0.3, -0.25) is 4.79 Å². The third-order valence-electron chi connectivity index (χ3n) is 5.83. The van der Waals surface area contributed by atoms with Crippen molar-refractivity contribution >= 4 is 21.6 Å². The summed E-state index contributed by atoms with van der Waals surface area (Å²) in [6.45, 7) is 2.15. The van der Waals surface area contributed by atoms with Gasteiger partial charge in [-0.25, -0.2) is 8.42 Å². The number of hydrogen-bond acceptors (Lipinski definition) is 4. The second-order valence-corrected chi connectivity index (χ2v) is 9.60. The van der Waals surface area contributed by atoms with E-state index in [0.717, 1.165) is 23.1 Å². The first-order chi connectivity index (χ1) is 15.4. The van der Waals surface area contributed by atoms with Gasteiger partial charge in [0.15, 0.2) is 0 Å². The number of aryl methyl sites for hydroxylation is 1. The van der Waals surface area contributed by atoms with E-state index in [1.54, 1.807) is 12.1 Å². The highest BCUT2D eigenvalue weighted by Crippen LogP contribution is 2.30. The number of amides is 1. The third-order valence-corrected chi connectivity index (χ3v) is 7.70. The number of nitrogens with zero attached hydrogens (tertiary/aromatic N) is 1. The quantitative estimate of drug-likeness (QED) is 0.616. The summed E-state index contributed by atoms with van der Waals surface area (Å²) in [5.41, 5.74) is 3.60. The van der Waals surface area contributed by atoms with Crippen LogP contribution >= 0.6 is 0 Å². The Labute approximate surface area is 188 Å². The summed E-state index contributed by atoms with van der Waals surface area (Å²) < 4.78 is 33.6. The van der Waals surface area contributed by atoms with Crippen molar-refractivity contribution in [3.8, 4) is 5.75 Å². The summed E-state index contributed by atoms with van der Waals surface area (Å²) in [6, 6.07) is 20.6. The van der Waals surface area contributed by atoms with Crippen molar-refractivity contribution in [2.24, 2.45) is 0 Å². The molecule has 32 heavy (non-hydrogen) atoms. The van der Waals surface area contributed by atoms with Crippen LogP contribution in [0, 0.1) is 0 Å². The number of methoxy groups -OCH3 is 1. The van der Waals surface area contributed by atoms with E-state index in [0.29, 0.717) is 17.9 Å². The van der Waals surface area contributed by atoms with Gasteiger partial charge in [0.1, 0.15) is 11.8 Å². The van der Waals surface area contributed by atoms with Crippen LogP contribution in [0.1, 0.15) is 23.6 Å². The van der Waals surface area contributed by atoms with Crippen molar-refractivity contribution in [3.63, 3.8) is 0 Å². The Morgan fingerprint density at radius 1 is 1.00 bits per heavy atom. The molecule has 0 saturated heterocycles. The monoisotopic (exact) mass is 450 g/mol. The SMILES string of the molecule is CCc1ccccc1NC(=O)[C@@H]1Cc2ccccc2CN1S(=O)(=O)c1ccc(OC)cc1. The number of ether oxygens (including phenoxy) is 1. The molecule has 4 rings (SSSR count). The van der Waals surface area contributed by atoms with Crippen LogP contribution in [0.5, 0.6) is 5.75 Å². The van der Waals surface area contributed by atoms with Gasteiger partial charge in [0.2, 0.25) is 15.9 Å². The fraction of sp³-hybridized carbons (Fsp3) is 0.240. The standard InChI is InChI=1S/C25H26N2O4S/c1-3-18-8-6-7-11-23(18)26-25(28)24-16-19-9-4-5-10-20(19)17-27(24)32(29,30)22-14-12-21(31-2)13-15-22/h4-15,24H,3,16-17H2,1-2H3,(H,26,28)/t24-/m0/s1. The summed E-state index contributed by atoms with van der Waals surface area (Å²) in [6.07, 6.45) is 1.07. The van der Waals surface area contributed by atoms with E-state index in [9.17, 15) is 13.2 Å². The Hall–Kier alpha value is -3.16. The minimum absolute atomic E-state index is 0.129. The zero-order valence-electron chi connectivity index (χ0n) is 18.1. The van der Waals surface area contributed by atoms with Crippen molar-refractivity contribution in [1.82, 2.24) is 4.31 Å². The van der Waals surface area contributed by atoms with Crippen LogP contribution < -0.4 is 10.1 Å². The Kier molecular flexibility index (Phi) is 6.30. The second kappa shape index (κ2) is 9.14. The average molecular weight is 451 g/mol. The van der Waals surface area contributed by atoms with Crippen LogP contribution in [0.3, 0.4) is 0 Å². The molecule has 3 aromatic rings. The highest BCUT2D eigenvalue weighted by Gasteiger charge is 2.39. The van der Waals surface area contributed by atoms with E-state index < -0.39 is 16.1 Å². The first kappa shape index (κ1) is 22.0. The number of sulfonamides is 1. The molecule has 1 aliphatic heterocycles. The van der Waals surface area contributed by atoms with Crippen molar-refractivity contribution in [1.29, 1.82) is 0 Å². The zero-order valence-corrected chi connectivity index (χ0v) is 18.9. The maximum atomic E-state index is 13.6. The van der Waals surface area contributed by atoms with Gasteiger partial charge in [-0.05, 0) is 59.9 Å². The molecule has 0 radical (unpaired) electrons. The molecule has 1 N–H and O–H groups in total. The molecule has 0 saturated carbocycles. The van der Waals surface area contributed by atoms with Gasteiger partial charge in [-0.1, -0.05) is 49.4 Å². The molecule has 0 bridgehead atoms. The molecule has 0 aliphatic carbocycles. The first-order valence-corrected chi connectivity index (χ1v) is 12.0. The minimum Gasteiger partial charge on any atom is -0.497 e. The number of benzene rings is 3. The summed E-state index contributed by atoms with van der Waals surface area (Å²) in [4.78, 5) is 13.5. The van der Waals surface area contributed by atoms with Gasteiger partial charge in [-0.2, -0.15) is 4.31 Å². The molecule has 1 amide bonds. The number of fused-ring (bicyclic) bond motifs is 1. The lowest BCUT2D eigenvalue weighted by atomic mass is 9.95. The van der Waals surface area contributed by atoms with Crippen LogP contribution in [0.2, 0.25) is 0 Å². The maximum absolute atomic E-state index is 13.6. The van der Waals surface area contributed by atoms with Crippen LogP contribution in [-0.2, 0) is 34.2 Å². The molecule has 166 valence electrons. The van der Waals surface area contributed by atoms with Gasteiger partial charge >= 0.3 is 0 Å². The molecular formula is C25H26N2O4S. The first-order valence-electron chi connectivity index (χ1n) is 10.6. The molecule has 0 fully saturated rings. The topological polar surface area (TPSA) is 75.7 Å². The predicted molar refractivity (Wildman–Crippen MR) is 124 cm³/mol. The Morgan fingerprint density at radius 2 is 1.66 bits per heavy atom. The molecule has 0 aromatic heterocycles. The summed E-state index contributed by atoms with van der Waals surface area (Å²) in [7, 11) is -2.39. The highest BCUT2D eigenvalue weighted by atomic mass is 32.2. The molecular weight excluding hydrogens is 424 g/mol. The van der Waals surface area contributed by atoms with Crippen molar-refractivity contribution in [3.05, 3.63) is 89.5 Å². The third kappa shape index (κ3) is 4.26. The number of nitrogens with one attached hydrogen (secondary N) is 1. The van der Waals surface area contributed by atoms with Crippen LogP contribution in [-0.4, -0.2) is 31.8 Å². The van der Waals surface area contributed by atoms with E-state index in [2.05, 4.69) is 5.32 Å². The summed E-state index contributed by atoms with van der Waals surface area (Å²) >= 11 is 0. The summed E-state index contributed by atoms with van der Waals surface area (Å²) in [5, 5.41) is 2.97. The lowest BCUT2D eigenvalue weighted by Crippen LogP contribution is -2.50. The smallest absolute Gasteiger partial charge is 0.244 e. The van der Waals surface area contributed by atoms with Gasteiger partial charge in [0.25, 0.3) is 0 Å². The normalized spacial score (nSPS) is 16.2. The fourth-order valence-corrected chi connectivity index (χ4v) is 5.59. The van der Waals surface area contributed by atoms with Gasteiger partial charge in [-0.15, -0.1) is 0 Å². The Bertz CT molecular complexity index is 1220. The highest BCUT2D eigenvalue weighted by molar-refractivity contribution is 7.89. The number of rotatable bonds is 6. The molecule has 0 unspecified atom stereocenters. The van der Waals surface area contributed by atoms with E-state index in [1.807, 2.05) is 55.5 Å². The number of para-hydroxylation sites is 1. The Balaban J connectivity index is 1.71. The predicted octanol–water partition coefficient (Wildman–Crippen LogP) is 4.01. The summed E-state index contributed by atoms with van der Waals surface area (Å²) in [5.74, 6) is 0.232. The number of anilines is 1. The molecule has 1 aliphatic rings. The number of carbonyl (C=O) groups excluding carboxylic acids is 1. The molecule has 1 heterocycles. The van der Waals surface area contributed by atoms with Crippen molar-refractivity contribution in [2.75, 3.05) is 12.4 Å². The largest absolute Gasteiger partial charge is 0.497 e. The van der Waals surface area contributed by atoms with E-state index in [-0.39, 0.29) is 17.3 Å². The lowest BCUT2D eigenvalue weighted by molar-refractivity contribution is -0.120. The van der Waals surface area contributed by atoms with Gasteiger partial charge in [0, 0.05) is 12.2 Å². The maximum Gasteiger partial charge on any atom is 0.244 e.